The van der Waals surface area contributed by atoms with E-state index in [2.05, 4.69) is 5.32 Å². The van der Waals surface area contributed by atoms with Crippen LogP contribution in [0, 0.1) is 0 Å². The van der Waals surface area contributed by atoms with Gasteiger partial charge in [-0.2, -0.15) is 13.2 Å². The Morgan fingerprint density at radius 3 is 2.30 bits per heavy atom. The molecule has 2 aromatic carbocycles. The Kier molecular flexibility index (Phi) is 6.64. The molecule has 8 heteroatoms. The number of para-hydroxylation sites is 1. The van der Waals surface area contributed by atoms with E-state index in [0.717, 1.165) is 17.7 Å². The molecule has 0 saturated carbocycles. The summed E-state index contributed by atoms with van der Waals surface area (Å²) in [6.07, 6.45) is -3.02. The number of likely N-dealkylation sites (tertiary alicyclic amines) is 1. The molecular weight excluding hydrogens is 397 g/mol. The molecule has 0 aliphatic carbocycles. The number of nitrogens with zero attached hydrogens (tertiary/aromatic N) is 1. The van der Waals surface area contributed by atoms with Crippen LogP contribution < -0.4 is 10.1 Å². The van der Waals surface area contributed by atoms with Gasteiger partial charge in [0.15, 0.2) is 0 Å². The minimum atomic E-state index is -4.43. The highest BCUT2D eigenvalue weighted by Crippen LogP contribution is 2.29. The number of piperidine rings is 1. The van der Waals surface area contributed by atoms with Crippen LogP contribution in [0.25, 0.3) is 0 Å². The van der Waals surface area contributed by atoms with Crippen molar-refractivity contribution < 1.29 is 27.5 Å². The largest absolute Gasteiger partial charge is 0.496 e. The van der Waals surface area contributed by atoms with Crippen molar-refractivity contribution in [2.45, 2.75) is 31.5 Å². The number of alkyl halides is 3. The van der Waals surface area contributed by atoms with E-state index >= 15 is 0 Å². The quantitative estimate of drug-likeness (QED) is 0.803. The number of carbonyl (C=O) groups is 2. The fourth-order valence-electron chi connectivity index (χ4n) is 3.48. The minimum Gasteiger partial charge on any atom is -0.496 e. The maximum absolute atomic E-state index is 12.6. The molecule has 0 radical (unpaired) electrons. The van der Waals surface area contributed by atoms with Crippen LogP contribution in [0.4, 0.5) is 13.2 Å². The topological polar surface area (TPSA) is 58.6 Å². The van der Waals surface area contributed by atoms with Gasteiger partial charge < -0.3 is 15.0 Å². The second-order valence-corrected chi connectivity index (χ2v) is 7.19. The SMILES string of the molecule is COc1ccccc1CC(=O)N1CCC(NC(=O)c2ccc(C(F)(F)F)cc2)CC1. The molecule has 1 aliphatic heterocycles. The van der Waals surface area contributed by atoms with Gasteiger partial charge in [-0.05, 0) is 43.2 Å². The van der Waals surface area contributed by atoms with Crippen LogP contribution in [0.1, 0.15) is 34.3 Å². The number of hydrogen-bond donors (Lipinski definition) is 1. The highest BCUT2D eigenvalue weighted by molar-refractivity contribution is 5.94. The van der Waals surface area contributed by atoms with Gasteiger partial charge in [-0.1, -0.05) is 18.2 Å². The summed E-state index contributed by atoms with van der Waals surface area (Å²) in [5.74, 6) is 0.249. The van der Waals surface area contributed by atoms with E-state index < -0.39 is 17.6 Å². The lowest BCUT2D eigenvalue weighted by Crippen LogP contribution is -2.47. The molecule has 1 heterocycles. The number of carbonyl (C=O) groups excluding carboxylic acids is 2. The average Bonchev–Trinajstić information content (AvgIpc) is 2.74. The van der Waals surface area contributed by atoms with Gasteiger partial charge in [0.2, 0.25) is 5.91 Å². The zero-order chi connectivity index (χ0) is 21.7. The number of benzene rings is 2. The summed E-state index contributed by atoms with van der Waals surface area (Å²) in [4.78, 5) is 26.7. The summed E-state index contributed by atoms with van der Waals surface area (Å²) >= 11 is 0. The fraction of sp³-hybridized carbons (Fsp3) is 0.364. The van der Waals surface area contributed by atoms with E-state index in [9.17, 15) is 22.8 Å². The highest BCUT2D eigenvalue weighted by atomic mass is 19.4. The van der Waals surface area contributed by atoms with Crippen LogP contribution in [0.3, 0.4) is 0 Å². The van der Waals surface area contributed by atoms with Gasteiger partial charge in [0.25, 0.3) is 5.91 Å². The van der Waals surface area contributed by atoms with Crippen LogP contribution in [0.5, 0.6) is 5.75 Å². The zero-order valence-electron chi connectivity index (χ0n) is 16.5. The summed E-state index contributed by atoms with van der Waals surface area (Å²) < 4.78 is 43.2. The molecule has 3 rings (SSSR count). The predicted octanol–water partition coefficient (Wildman–Crippen LogP) is 3.68. The highest BCUT2D eigenvalue weighted by Gasteiger charge is 2.30. The molecule has 0 atom stereocenters. The first-order valence-electron chi connectivity index (χ1n) is 9.65. The predicted molar refractivity (Wildman–Crippen MR) is 105 cm³/mol. The fourth-order valence-corrected chi connectivity index (χ4v) is 3.48. The lowest BCUT2D eigenvalue weighted by atomic mass is 10.0. The molecular formula is C22H23F3N2O3. The molecule has 0 unspecified atom stereocenters. The molecule has 1 aliphatic rings. The van der Waals surface area contributed by atoms with Gasteiger partial charge in [0.05, 0.1) is 19.1 Å². The zero-order valence-corrected chi connectivity index (χ0v) is 16.5. The van der Waals surface area contributed by atoms with Crippen LogP contribution in [-0.2, 0) is 17.4 Å². The number of hydrogen-bond acceptors (Lipinski definition) is 3. The third kappa shape index (κ3) is 5.31. The van der Waals surface area contributed by atoms with E-state index in [1.54, 1.807) is 12.0 Å². The van der Waals surface area contributed by atoms with Crippen LogP contribution in [0.2, 0.25) is 0 Å². The summed E-state index contributed by atoms with van der Waals surface area (Å²) in [5.41, 5.74) is 0.210. The van der Waals surface area contributed by atoms with Crippen molar-refractivity contribution in [2.24, 2.45) is 0 Å². The monoisotopic (exact) mass is 420 g/mol. The van der Waals surface area contributed by atoms with Crippen LogP contribution in [0.15, 0.2) is 48.5 Å². The summed E-state index contributed by atoms with van der Waals surface area (Å²) in [5, 5.41) is 2.84. The Morgan fingerprint density at radius 1 is 1.07 bits per heavy atom. The molecule has 160 valence electrons. The van der Waals surface area contributed by atoms with Gasteiger partial charge in [0, 0.05) is 30.3 Å². The van der Waals surface area contributed by atoms with Crippen molar-refractivity contribution in [1.82, 2.24) is 10.2 Å². The van der Waals surface area contributed by atoms with Crippen molar-refractivity contribution in [1.29, 1.82) is 0 Å². The van der Waals surface area contributed by atoms with Crippen LogP contribution in [-0.4, -0.2) is 43.0 Å². The smallest absolute Gasteiger partial charge is 0.416 e. The van der Waals surface area contributed by atoms with Gasteiger partial charge in [-0.15, -0.1) is 0 Å². The summed E-state index contributed by atoms with van der Waals surface area (Å²) in [6, 6.07) is 11.4. The number of rotatable bonds is 5. The molecule has 1 saturated heterocycles. The Hall–Kier alpha value is -3.03. The maximum atomic E-state index is 12.6. The third-order valence-corrected chi connectivity index (χ3v) is 5.19. The molecule has 0 bridgehead atoms. The lowest BCUT2D eigenvalue weighted by molar-refractivity contribution is -0.137. The Labute approximate surface area is 172 Å². The van der Waals surface area contributed by atoms with E-state index in [-0.39, 0.29) is 23.9 Å². The normalized spacial score (nSPS) is 15.0. The number of halogens is 3. The van der Waals surface area contributed by atoms with Gasteiger partial charge >= 0.3 is 6.18 Å². The van der Waals surface area contributed by atoms with E-state index in [1.165, 1.54) is 12.1 Å². The first-order valence-corrected chi connectivity index (χ1v) is 9.65. The van der Waals surface area contributed by atoms with Gasteiger partial charge in [-0.3, -0.25) is 9.59 Å². The molecule has 30 heavy (non-hydrogen) atoms. The Bertz CT molecular complexity index is 889. The first-order chi connectivity index (χ1) is 14.3. The van der Waals surface area contributed by atoms with Crippen molar-refractivity contribution >= 4 is 11.8 Å². The lowest BCUT2D eigenvalue weighted by Gasteiger charge is -2.32. The Morgan fingerprint density at radius 2 is 1.70 bits per heavy atom. The van der Waals surface area contributed by atoms with Crippen molar-refractivity contribution in [3.63, 3.8) is 0 Å². The maximum Gasteiger partial charge on any atom is 0.416 e. The van der Waals surface area contributed by atoms with Crippen molar-refractivity contribution in [3.8, 4) is 5.75 Å². The second kappa shape index (κ2) is 9.19. The van der Waals surface area contributed by atoms with E-state index in [0.29, 0.717) is 31.7 Å². The van der Waals surface area contributed by atoms with Gasteiger partial charge in [-0.25, -0.2) is 0 Å². The summed E-state index contributed by atoms with van der Waals surface area (Å²) in [7, 11) is 1.56. The van der Waals surface area contributed by atoms with Gasteiger partial charge in [0.1, 0.15) is 5.75 Å². The number of methoxy groups -OCH3 is 1. The standard InChI is InChI=1S/C22H23F3N2O3/c1-30-19-5-3-2-4-16(19)14-20(28)27-12-10-18(11-13-27)26-21(29)15-6-8-17(9-7-15)22(23,24)25/h2-9,18H,10-14H2,1H3,(H,26,29). The molecule has 2 aromatic rings. The number of amides is 2. The summed E-state index contributed by atoms with van der Waals surface area (Å²) in [6.45, 7) is 1.01. The molecule has 5 nitrogen and oxygen atoms in total. The van der Waals surface area contributed by atoms with Crippen molar-refractivity contribution in [2.75, 3.05) is 20.2 Å². The first kappa shape index (κ1) is 21.7. The average molecular weight is 420 g/mol. The van der Waals surface area contributed by atoms with E-state index in [4.69, 9.17) is 4.74 Å². The molecule has 0 spiro atoms. The molecule has 1 fully saturated rings. The second-order valence-electron chi connectivity index (χ2n) is 7.19. The van der Waals surface area contributed by atoms with Crippen molar-refractivity contribution in [3.05, 3.63) is 65.2 Å². The molecule has 1 N–H and O–H groups in total. The minimum absolute atomic E-state index is 0.00739. The number of ether oxygens (including phenoxy) is 1. The third-order valence-electron chi connectivity index (χ3n) is 5.19. The number of nitrogens with one attached hydrogen (secondary N) is 1. The molecule has 0 aromatic heterocycles. The Balaban J connectivity index is 1.50. The van der Waals surface area contributed by atoms with E-state index in [1.807, 2.05) is 24.3 Å². The van der Waals surface area contributed by atoms with Crippen LogP contribution >= 0.6 is 0 Å². The molecule has 2 amide bonds.